The van der Waals surface area contributed by atoms with Gasteiger partial charge in [0.15, 0.2) is 0 Å². The summed E-state index contributed by atoms with van der Waals surface area (Å²) in [6, 6.07) is 8.95. The number of hydrogen-bond donors (Lipinski definition) is 2. The first-order valence-corrected chi connectivity index (χ1v) is 11.2. The Labute approximate surface area is 193 Å². The van der Waals surface area contributed by atoms with Gasteiger partial charge in [-0.1, -0.05) is 11.6 Å². The normalized spacial score (nSPS) is 16.1. The van der Waals surface area contributed by atoms with E-state index in [1.165, 1.54) is 18.5 Å². The number of halogens is 2. The van der Waals surface area contributed by atoms with Crippen LogP contribution < -0.4 is 11.1 Å². The second-order valence-electron chi connectivity index (χ2n) is 9.14. The minimum Gasteiger partial charge on any atom is -0.398 e. The van der Waals surface area contributed by atoms with E-state index < -0.39 is 5.82 Å². The molecule has 1 aliphatic heterocycles. The Bertz CT molecular complexity index is 1130. The van der Waals surface area contributed by atoms with Crippen molar-refractivity contribution in [1.29, 1.82) is 0 Å². The molecule has 1 saturated heterocycles. The molecule has 0 saturated carbocycles. The SMILES string of the molecule is CN1CCC(N(C)C(C)(C)c2cc3ncnc(Nc4ccc(F)c(Cl)c4)c3cc2N)CC1. The Hall–Kier alpha value is -2.48. The molecule has 1 aromatic heterocycles. The third kappa shape index (κ3) is 4.37. The van der Waals surface area contributed by atoms with E-state index in [1.54, 1.807) is 6.07 Å². The number of piperidine rings is 1. The number of likely N-dealkylation sites (tertiary alicyclic amines) is 1. The smallest absolute Gasteiger partial charge is 0.141 e. The molecule has 2 heterocycles. The molecular weight excluding hydrogens is 427 g/mol. The average molecular weight is 457 g/mol. The maximum absolute atomic E-state index is 13.5. The van der Waals surface area contributed by atoms with Crippen molar-refractivity contribution < 1.29 is 4.39 Å². The molecule has 0 aliphatic carbocycles. The number of rotatable bonds is 5. The molecule has 0 amide bonds. The molecule has 0 radical (unpaired) electrons. The summed E-state index contributed by atoms with van der Waals surface area (Å²) in [6.45, 7) is 6.63. The molecule has 0 unspecified atom stereocenters. The van der Waals surface area contributed by atoms with Crippen LogP contribution in [-0.2, 0) is 5.54 Å². The zero-order valence-corrected chi connectivity index (χ0v) is 19.7. The lowest BCUT2D eigenvalue weighted by Gasteiger charge is -2.44. The first kappa shape index (κ1) is 22.7. The van der Waals surface area contributed by atoms with E-state index in [0.717, 1.165) is 42.4 Å². The van der Waals surface area contributed by atoms with Crippen molar-refractivity contribution in [3.8, 4) is 0 Å². The Morgan fingerprint density at radius 2 is 1.91 bits per heavy atom. The van der Waals surface area contributed by atoms with Crippen molar-refractivity contribution in [2.75, 3.05) is 38.2 Å². The highest BCUT2D eigenvalue weighted by molar-refractivity contribution is 6.31. The van der Waals surface area contributed by atoms with Gasteiger partial charge in [0.05, 0.1) is 10.5 Å². The van der Waals surface area contributed by atoms with Crippen molar-refractivity contribution in [1.82, 2.24) is 19.8 Å². The predicted molar refractivity (Wildman–Crippen MR) is 130 cm³/mol. The fourth-order valence-corrected chi connectivity index (χ4v) is 4.67. The topological polar surface area (TPSA) is 70.3 Å². The van der Waals surface area contributed by atoms with Crippen LogP contribution in [0.3, 0.4) is 0 Å². The van der Waals surface area contributed by atoms with Crippen molar-refractivity contribution >= 4 is 39.7 Å². The van der Waals surface area contributed by atoms with Gasteiger partial charge in [-0.05, 0) is 89.8 Å². The first-order chi connectivity index (χ1) is 15.2. The Balaban J connectivity index is 1.67. The van der Waals surface area contributed by atoms with Crippen LogP contribution >= 0.6 is 11.6 Å². The lowest BCUT2D eigenvalue weighted by atomic mass is 9.87. The zero-order chi connectivity index (χ0) is 23.0. The molecule has 170 valence electrons. The number of fused-ring (bicyclic) bond motifs is 1. The van der Waals surface area contributed by atoms with Gasteiger partial charge in [0.1, 0.15) is 18.0 Å². The van der Waals surface area contributed by atoms with Gasteiger partial charge in [-0.2, -0.15) is 0 Å². The molecule has 6 nitrogen and oxygen atoms in total. The van der Waals surface area contributed by atoms with Crippen molar-refractivity contribution in [2.45, 2.75) is 38.3 Å². The van der Waals surface area contributed by atoms with E-state index in [4.69, 9.17) is 17.3 Å². The van der Waals surface area contributed by atoms with E-state index in [9.17, 15) is 4.39 Å². The number of nitrogen functional groups attached to an aromatic ring is 1. The van der Waals surface area contributed by atoms with Gasteiger partial charge in [-0.3, -0.25) is 4.90 Å². The van der Waals surface area contributed by atoms with E-state index in [-0.39, 0.29) is 10.6 Å². The summed E-state index contributed by atoms with van der Waals surface area (Å²) >= 11 is 5.92. The minimum atomic E-state index is -0.463. The third-order valence-electron chi connectivity index (χ3n) is 6.77. The maximum atomic E-state index is 13.5. The van der Waals surface area contributed by atoms with E-state index in [1.807, 2.05) is 6.07 Å². The van der Waals surface area contributed by atoms with Crippen LogP contribution in [0.25, 0.3) is 10.9 Å². The second kappa shape index (κ2) is 8.81. The zero-order valence-electron chi connectivity index (χ0n) is 19.0. The van der Waals surface area contributed by atoms with Crippen LogP contribution in [0, 0.1) is 5.82 Å². The largest absolute Gasteiger partial charge is 0.398 e. The van der Waals surface area contributed by atoms with E-state index in [2.05, 4.69) is 59.1 Å². The Kier molecular flexibility index (Phi) is 6.25. The van der Waals surface area contributed by atoms with Crippen LogP contribution in [0.1, 0.15) is 32.3 Å². The van der Waals surface area contributed by atoms with Gasteiger partial charge in [-0.25, -0.2) is 14.4 Å². The fourth-order valence-electron chi connectivity index (χ4n) is 4.49. The van der Waals surface area contributed by atoms with Gasteiger partial charge >= 0.3 is 0 Å². The van der Waals surface area contributed by atoms with E-state index in [0.29, 0.717) is 23.2 Å². The monoisotopic (exact) mass is 456 g/mol. The molecule has 0 atom stereocenters. The van der Waals surface area contributed by atoms with Crippen molar-refractivity contribution in [3.05, 3.63) is 53.1 Å². The highest BCUT2D eigenvalue weighted by Crippen LogP contribution is 2.37. The number of aromatic nitrogens is 2. The summed E-state index contributed by atoms with van der Waals surface area (Å²) in [7, 11) is 4.36. The number of nitrogens with one attached hydrogen (secondary N) is 1. The molecule has 2 aromatic carbocycles. The average Bonchev–Trinajstić information content (AvgIpc) is 2.76. The van der Waals surface area contributed by atoms with Crippen LogP contribution in [0.15, 0.2) is 36.7 Å². The highest BCUT2D eigenvalue weighted by Gasteiger charge is 2.34. The minimum absolute atomic E-state index is 0.0499. The summed E-state index contributed by atoms with van der Waals surface area (Å²) in [5.41, 5.74) is 9.49. The fraction of sp³-hybridized carbons (Fsp3) is 0.417. The highest BCUT2D eigenvalue weighted by atomic mass is 35.5. The van der Waals surface area contributed by atoms with E-state index >= 15 is 0 Å². The number of benzene rings is 2. The molecule has 1 aliphatic rings. The van der Waals surface area contributed by atoms with Crippen LogP contribution in [0.4, 0.5) is 21.6 Å². The molecule has 0 spiro atoms. The second-order valence-corrected chi connectivity index (χ2v) is 9.54. The van der Waals surface area contributed by atoms with Crippen LogP contribution in [0.5, 0.6) is 0 Å². The molecule has 32 heavy (non-hydrogen) atoms. The number of hydrogen-bond acceptors (Lipinski definition) is 6. The van der Waals surface area contributed by atoms with Gasteiger partial charge in [-0.15, -0.1) is 0 Å². The summed E-state index contributed by atoms with van der Waals surface area (Å²) < 4.78 is 13.5. The van der Waals surface area contributed by atoms with Gasteiger partial charge in [0.25, 0.3) is 0 Å². The lowest BCUT2D eigenvalue weighted by molar-refractivity contribution is 0.0594. The lowest BCUT2D eigenvalue weighted by Crippen LogP contribution is -2.49. The van der Waals surface area contributed by atoms with Crippen LogP contribution in [0.2, 0.25) is 5.02 Å². The molecule has 0 bridgehead atoms. The standard InChI is InChI=1S/C24H30ClFN6/c1-24(2,32(4)16-7-9-31(3)10-8-16)18-13-22-17(12-21(18)27)23(29-14-28-22)30-15-5-6-20(26)19(25)11-15/h5-6,11-14,16H,7-10,27H2,1-4H3,(H,28,29,30). The summed E-state index contributed by atoms with van der Waals surface area (Å²) in [5, 5.41) is 4.05. The molecule has 1 fully saturated rings. The summed E-state index contributed by atoms with van der Waals surface area (Å²) in [5.74, 6) is 0.131. The number of anilines is 3. The van der Waals surface area contributed by atoms with Gasteiger partial charge in [0.2, 0.25) is 0 Å². The Morgan fingerprint density at radius 1 is 1.19 bits per heavy atom. The van der Waals surface area contributed by atoms with Gasteiger partial charge in [0, 0.05) is 28.3 Å². The van der Waals surface area contributed by atoms with Crippen molar-refractivity contribution in [2.24, 2.45) is 0 Å². The number of nitrogens with zero attached hydrogens (tertiary/aromatic N) is 4. The molecule has 3 aromatic rings. The molecule has 3 N–H and O–H groups in total. The third-order valence-corrected chi connectivity index (χ3v) is 7.06. The number of nitrogens with two attached hydrogens (primary N) is 1. The van der Waals surface area contributed by atoms with Gasteiger partial charge < -0.3 is 16.0 Å². The summed E-state index contributed by atoms with van der Waals surface area (Å²) in [4.78, 5) is 13.7. The maximum Gasteiger partial charge on any atom is 0.141 e. The molecular formula is C24H30ClFN6. The van der Waals surface area contributed by atoms with Crippen molar-refractivity contribution in [3.63, 3.8) is 0 Å². The quantitative estimate of drug-likeness (QED) is 0.526. The molecule has 4 rings (SSSR count). The van der Waals surface area contributed by atoms with Crippen LogP contribution in [-0.4, -0.2) is 53.0 Å². The summed E-state index contributed by atoms with van der Waals surface area (Å²) in [6.07, 6.45) is 3.80. The molecule has 8 heteroatoms. The predicted octanol–water partition coefficient (Wildman–Crippen LogP) is 5.01. The first-order valence-electron chi connectivity index (χ1n) is 10.8. The Morgan fingerprint density at radius 3 is 2.59 bits per heavy atom.